The molecule has 1 unspecified atom stereocenters. The van der Waals surface area contributed by atoms with Gasteiger partial charge in [-0.05, 0) is 17.7 Å². The maximum Gasteiger partial charge on any atom is 0.338 e. The van der Waals surface area contributed by atoms with Gasteiger partial charge >= 0.3 is 5.97 Å². The van der Waals surface area contributed by atoms with Crippen LogP contribution >= 0.6 is 0 Å². The number of esters is 1. The first-order chi connectivity index (χ1) is 10.5. The van der Waals surface area contributed by atoms with Gasteiger partial charge in [-0.25, -0.2) is 9.18 Å². The quantitative estimate of drug-likeness (QED) is 0.867. The van der Waals surface area contributed by atoms with Crippen molar-refractivity contribution in [3.8, 4) is 6.07 Å². The largest absolute Gasteiger partial charge is 0.466 e. The molecule has 0 saturated heterocycles. The Morgan fingerprint density at radius 2 is 2.27 bits per heavy atom. The maximum atomic E-state index is 13.5. The molecule has 6 heteroatoms. The number of carbonyl (C=O) groups excluding carboxylic acids is 1. The highest BCUT2D eigenvalue weighted by atomic mass is 19.1. The predicted octanol–water partition coefficient (Wildman–Crippen LogP) is 2.47. The fourth-order valence-electron chi connectivity index (χ4n) is 2.43. The number of nitrogens with zero attached hydrogens (tertiary/aromatic N) is 1. The highest BCUT2D eigenvalue weighted by Crippen LogP contribution is 2.40. The average Bonchev–Trinajstić information content (AvgIpc) is 2.52. The number of halogens is 1. The van der Waals surface area contributed by atoms with Crippen molar-refractivity contribution in [3.05, 3.63) is 58.4 Å². The van der Waals surface area contributed by atoms with Crippen molar-refractivity contribution >= 4 is 5.97 Å². The summed E-state index contributed by atoms with van der Waals surface area (Å²) in [6.07, 6.45) is 0.385. The fraction of sp³-hybridized carbons (Fsp3) is 0.250. The number of nitriles is 1. The van der Waals surface area contributed by atoms with E-state index in [-0.39, 0.29) is 17.0 Å². The standard InChI is InChI=1S/C16H15FN2O3/c1-3-12-14(16(20)21-2)13(11(8-18)15(19)22-12)9-5-4-6-10(17)7-9/h4-7,13H,3,19H2,1-2H3. The third kappa shape index (κ3) is 2.66. The monoisotopic (exact) mass is 302 g/mol. The molecule has 1 aromatic rings. The van der Waals surface area contributed by atoms with Crippen LogP contribution in [0.25, 0.3) is 0 Å². The van der Waals surface area contributed by atoms with Crippen molar-refractivity contribution in [3.63, 3.8) is 0 Å². The molecular formula is C16H15FN2O3. The molecular weight excluding hydrogens is 287 g/mol. The Morgan fingerprint density at radius 1 is 1.55 bits per heavy atom. The molecule has 1 atom stereocenters. The van der Waals surface area contributed by atoms with Crippen molar-refractivity contribution < 1.29 is 18.7 Å². The van der Waals surface area contributed by atoms with Crippen LogP contribution < -0.4 is 5.73 Å². The van der Waals surface area contributed by atoms with Crippen LogP contribution in [0.15, 0.2) is 47.1 Å². The molecule has 0 aromatic heterocycles. The van der Waals surface area contributed by atoms with Gasteiger partial charge in [0.15, 0.2) is 0 Å². The molecule has 1 aliphatic heterocycles. The number of allylic oxidation sites excluding steroid dienone is 2. The minimum Gasteiger partial charge on any atom is -0.466 e. The summed E-state index contributed by atoms with van der Waals surface area (Å²) < 4.78 is 23.7. The minimum absolute atomic E-state index is 0.0585. The Morgan fingerprint density at radius 3 is 2.82 bits per heavy atom. The van der Waals surface area contributed by atoms with E-state index in [0.29, 0.717) is 17.7 Å². The molecule has 2 rings (SSSR count). The van der Waals surface area contributed by atoms with Crippen LogP contribution in [0.4, 0.5) is 4.39 Å². The third-order valence-corrected chi connectivity index (χ3v) is 3.41. The van der Waals surface area contributed by atoms with Crippen LogP contribution in [0, 0.1) is 17.1 Å². The highest BCUT2D eigenvalue weighted by Gasteiger charge is 2.36. The number of benzene rings is 1. The van der Waals surface area contributed by atoms with Crippen molar-refractivity contribution in [1.82, 2.24) is 0 Å². The first-order valence-electron chi connectivity index (χ1n) is 6.67. The van der Waals surface area contributed by atoms with Gasteiger partial charge in [0.05, 0.1) is 18.6 Å². The summed E-state index contributed by atoms with van der Waals surface area (Å²) >= 11 is 0. The zero-order valence-electron chi connectivity index (χ0n) is 12.2. The summed E-state index contributed by atoms with van der Waals surface area (Å²) in [5, 5.41) is 9.36. The molecule has 0 saturated carbocycles. The number of hydrogen-bond donors (Lipinski definition) is 1. The van der Waals surface area contributed by atoms with E-state index in [1.54, 1.807) is 13.0 Å². The third-order valence-electron chi connectivity index (χ3n) is 3.41. The average molecular weight is 302 g/mol. The van der Waals surface area contributed by atoms with Crippen molar-refractivity contribution in [1.29, 1.82) is 5.26 Å². The summed E-state index contributed by atoms with van der Waals surface area (Å²) in [5.41, 5.74) is 6.45. The van der Waals surface area contributed by atoms with Gasteiger partial charge in [0.25, 0.3) is 0 Å². The molecule has 1 heterocycles. The number of methoxy groups -OCH3 is 1. The van der Waals surface area contributed by atoms with E-state index in [4.69, 9.17) is 15.2 Å². The highest BCUT2D eigenvalue weighted by molar-refractivity contribution is 5.92. The van der Waals surface area contributed by atoms with Crippen molar-refractivity contribution in [2.75, 3.05) is 7.11 Å². The Hall–Kier alpha value is -2.81. The molecule has 22 heavy (non-hydrogen) atoms. The molecule has 0 spiro atoms. The van der Waals surface area contributed by atoms with Crippen molar-refractivity contribution in [2.24, 2.45) is 5.73 Å². The Bertz CT molecular complexity index is 716. The predicted molar refractivity (Wildman–Crippen MR) is 76.4 cm³/mol. The van der Waals surface area contributed by atoms with Crippen LogP contribution in [0.3, 0.4) is 0 Å². The Labute approximate surface area is 127 Å². The van der Waals surface area contributed by atoms with E-state index in [9.17, 15) is 14.4 Å². The molecule has 5 nitrogen and oxygen atoms in total. The van der Waals surface area contributed by atoms with Gasteiger partial charge < -0.3 is 15.2 Å². The first-order valence-corrected chi connectivity index (χ1v) is 6.67. The van der Waals surface area contributed by atoms with E-state index in [1.807, 2.05) is 6.07 Å². The van der Waals surface area contributed by atoms with Crippen LogP contribution in [0.1, 0.15) is 24.8 Å². The van der Waals surface area contributed by atoms with Gasteiger partial charge in [-0.1, -0.05) is 19.1 Å². The van der Waals surface area contributed by atoms with Gasteiger partial charge in [0, 0.05) is 6.42 Å². The van der Waals surface area contributed by atoms with Crippen LogP contribution in [0.2, 0.25) is 0 Å². The zero-order chi connectivity index (χ0) is 16.3. The molecule has 1 aromatic carbocycles. The lowest BCUT2D eigenvalue weighted by molar-refractivity contribution is -0.136. The van der Waals surface area contributed by atoms with Gasteiger partial charge in [-0.2, -0.15) is 5.26 Å². The molecule has 0 amide bonds. The normalized spacial score (nSPS) is 17.8. The maximum absolute atomic E-state index is 13.5. The van der Waals surface area contributed by atoms with E-state index in [0.717, 1.165) is 0 Å². The summed E-state index contributed by atoms with van der Waals surface area (Å²) in [7, 11) is 1.24. The zero-order valence-corrected chi connectivity index (χ0v) is 12.2. The lowest BCUT2D eigenvalue weighted by Gasteiger charge is -2.27. The molecule has 1 aliphatic rings. The molecule has 0 fully saturated rings. The lowest BCUT2D eigenvalue weighted by Crippen LogP contribution is -2.25. The van der Waals surface area contributed by atoms with Crippen LogP contribution in [-0.2, 0) is 14.3 Å². The van der Waals surface area contributed by atoms with E-state index in [1.165, 1.54) is 25.3 Å². The Kier molecular flexibility index (Phi) is 4.47. The summed E-state index contributed by atoms with van der Waals surface area (Å²) in [5.74, 6) is -1.68. The molecule has 114 valence electrons. The van der Waals surface area contributed by atoms with Gasteiger partial charge in [-0.15, -0.1) is 0 Å². The summed E-state index contributed by atoms with van der Waals surface area (Å²) in [4.78, 5) is 12.1. The smallest absolute Gasteiger partial charge is 0.338 e. The van der Waals surface area contributed by atoms with Gasteiger partial charge in [0.2, 0.25) is 5.88 Å². The van der Waals surface area contributed by atoms with Gasteiger partial charge in [0.1, 0.15) is 23.2 Å². The topological polar surface area (TPSA) is 85.3 Å². The van der Waals surface area contributed by atoms with E-state index < -0.39 is 17.7 Å². The number of rotatable bonds is 3. The van der Waals surface area contributed by atoms with Crippen molar-refractivity contribution in [2.45, 2.75) is 19.3 Å². The van der Waals surface area contributed by atoms with E-state index >= 15 is 0 Å². The second kappa shape index (κ2) is 6.31. The SMILES string of the molecule is CCC1=C(C(=O)OC)C(c2cccc(F)c2)C(C#N)=C(N)O1. The minimum atomic E-state index is -0.808. The van der Waals surface area contributed by atoms with Crippen LogP contribution in [-0.4, -0.2) is 13.1 Å². The lowest BCUT2D eigenvalue weighted by atomic mass is 9.82. The summed E-state index contributed by atoms with van der Waals surface area (Å²) in [6, 6.07) is 7.61. The molecule has 0 radical (unpaired) electrons. The molecule has 0 bridgehead atoms. The van der Waals surface area contributed by atoms with Gasteiger partial charge in [-0.3, -0.25) is 0 Å². The molecule has 2 N–H and O–H groups in total. The number of hydrogen-bond acceptors (Lipinski definition) is 5. The number of carbonyl (C=O) groups is 1. The molecule has 0 aliphatic carbocycles. The van der Waals surface area contributed by atoms with E-state index in [2.05, 4.69) is 0 Å². The van der Waals surface area contributed by atoms with Crippen LogP contribution in [0.5, 0.6) is 0 Å². The Balaban J connectivity index is 2.69. The second-order valence-corrected chi connectivity index (χ2v) is 4.66. The number of ether oxygens (including phenoxy) is 2. The summed E-state index contributed by atoms with van der Waals surface area (Å²) in [6.45, 7) is 1.78. The fourth-order valence-corrected chi connectivity index (χ4v) is 2.43. The second-order valence-electron chi connectivity index (χ2n) is 4.66. The first kappa shape index (κ1) is 15.6. The number of nitrogens with two attached hydrogens (primary N) is 1.